The van der Waals surface area contributed by atoms with E-state index in [0.717, 1.165) is 28.3 Å². The zero-order valence-corrected chi connectivity index (χ0v) is 21.2. The maximum Gasteiger partial charge on any atom is 0.270 e. The Balaban J connectivity index is 1.75. The average molecular weight is 533 g/mol. The van der Waals surface area contributed by atoms with Crippen LogP contribution in [-0.4, -0.2) is 14.5 Å². The Kier molecular flexibility index (Phi) is 7.17. The molecule has 35 heavy (non-hydrogen) atoms. The van der Waals surface area contributed by atoms with Gasteiger partial charge in [0.25, 0.3) is 5.69 Å². The predicted octanol–water partition coefficient (Wildman–Crippen LogP) is 7.99. The first-order valence-corrected chi connectivity index (χ1v) is 11.9. The van der Waals surface area contributed by atoms with Gasteiger partial charge in [0.05, 0.1) is 25.7 Å². The van der Waals surface area contributed by atoms with Gasteiger partial charge in [-0.1, -0.05) is 60.8 Å². The quantitative estimate of drug-likeness (QED) is 0.179. The monoisotopic (exact) mass is 531 g/mol. The molecule has 0 spiro atoms. The first-order valence-electron chi connectivity index (χ1n) is 10.8. The Morgan fingerprint density at radius 3 is 2.29 bits per heavy atom. The van der Waals surface area contributed by atoms with Gasteiger partial charge in [0.15, 0.2) is 0 Å². The zero-order chi connectivity index (χ0) is 25.3. The molecule has 0 atom stereocenters. The van der Waals surface area contributed by atoms with E-state index < -0.39 is 10.3 Å². The molecule has 3 aromatic carbocycles. The minimum Gasteiger partial charge on any atom is -0.300 e. The van der Waals surface area contributed by atoms with Crippen LogP contribution in [0, 0.1) is 15.9 Å². The first-order chi connectivity index (χ1) is 16.6. The summed E-state index contributed by atoms with van der Waals surface area (Å²) in [5.74, 6) is 0.410. The van der Waals surface area contributed by atoms with E-state index in [1.807, 2.05) is 16.7 Å². The number of nitro benzene ring substituents is 1. The summed E-state index contributed by atoms with van der Waals surface area (Å²) in [6, 6.07) is 16.2. The molecule has 4 aromatic rings. The number of aromatic nitrogens is 2. The van der Waals surface area contributed by atoms with Crippen molar-refractivity contribution in [3.8, 4) is 5.69 Å². The Morgan fingerprint density at radius 1 is 0.943 bits per heavy atom. The number of benzene rings is 3. The molecule has 1 aromatic heterocycles. The Bertz CT molecular complexity index is 1400. The van der Waals surface area contributed by atoms with Crippen molar-refractivity contribution >= 4 is 40.5 Å². The van der Waals surface area contributed by atoms with E-state index in [1.54, 1.807) is 30.5 Å². The highest BCUT2D eigenvalue weighted by Gasteiger charge is 2.30. The molecule has 4 rings (SSSR count). The number of nitrogens with zero attached hydrogens (tertiary/aromatic N) is 3. The zero-order valence-electron chi connectivity index (χ0n) is 18.9. The molecule has 0 aliphatic rings. The van der Waals surface area contributed by atoms with Crippen molar-refractivity contribution in [3.05, 3.63) is 121 Å². The fraction of sp³-hybridized carbons (Fsp3) is 0.192. The van der Waals surface area contributed by atoms with Gasteiger partial charge in [-0.2, -0.15) is 0 Å². The second-order valence-corrected chi connectivity index (χ2v) is 9.88. The lowest BCUT2D eigenvalue weighted by Crippen LogP contribution is -2.23. The van der Waals surface area contributed by atoms with Crippen LogP contribution in [0.4, 0.5) is 10.1 Å². The lowest BCUT2D eigenvalue weighted by atomic mass is 9.81. The maximum absolute atomic E-state index is 13.7. The summed E-state index contributed by atoms with van der Waals surface area (Å²) < 4.78 is 15.7. The minimum absolute atomic E-state index is 0.0581. The van der Waals surface area contributed by atoms with Crippen LogP contribution in [0.5, 0.6) is 0 Å². The third kappa shape index (κ3) is 5.20. The normalized spacial score (nSPS) is 11.6. The van der Waals surface area contributed by atoms with Crippen LogP contribution < -0.4 is 0 Å². The highest BCUT2D eigenvalue weighted by Crippen LogP contribution is 2.37. The van der Waals surface area contributed by atoms with Crippen molar-refractivity contribution in [2.75, 3.05) is 0 Å². The van der Waals surface area contributed by atoms with Gasteiger partial charge in [0.2, 0.25) is 0 Å². The lowest BCUT2D eigenvalue weighted by molar-refractivity contribution is -0.384. The second kappa shape index (κ2) is 9.97. The van der Waals surface area contributed by atoms with Crippen LogP contribution >= 0.6 is 34.8 Å². The van der Waals surface area contributed by atoms with Crippen LogP contribution in [0.2, 0.25) is 15.1 Å². The van der Waals surface area contributed by atoms with E-state index in [9.17, 15) is 14.5 Å². The fourth-order valence-corrected chi connectivity index (χ4v) is 4.58. The largest absolute Gasteiger partial charge is 0.300 e. The van der Waals surface area contributed by atoms with Crippen LogP contribution in [0.1, 0.15) is 36.5 Å². The molecule has 0 aliphatic heterocycles. The van der Waals surface area contributed by atoms with Crippen LogP contribution in [-0.2, 0) is 18.3 Å². The van der Waals surface area contributed by atoms with Crippen molar-refractivity contribution in [3.63, 3.8) is 0 Å². The maximum atomic E-state index is 13.7. The number of non-ortho nitro benzene ring substituents is 1. The van der Waals surface area contributed by atoms with Crippen molar-refractivity contribution in [1.82, 2.24) is 9.55 Å². The number of rotatable bonds is 7. The molecule has 0 aliphatic carbocycles. The van der Waals surface area contributed by atoms with E-state index >= 15 is 0 Å². The highest BCUT2D eigenvalue weighted by atomic mass is 35.5. The number of hydrogen-bond donors (Lipinski definition) is 0. The average Bonchev–Trinajstić information content (AvgIpc) is 3.25. The van der Waals surface area contributed by atoms with Crippen LogP contribution in [0.25, 0.3) is 5.69 Å². The van der Waals surface area contributed by atoms with Gasteiger partial charge in [-0.05, 0) is 53.9 Å². The Labute approximate surface area is 217 Å². The van der Waals surface area contributed by atoms with Gasteiger partial charge < -0.3 is 0 Å². The standard InChI is InChI=1S/C26H21Cl3FN3O2/c1-26(2,17-5-11-21(27)23(29)13-17)24-15-31-25(32(24)19-9-6-18(30)7-10-19)12-4-16-3-8-20(33(34)35)14-22(16)28/h3,5-11,13-15H,4,12H2,1-2H3. The van der Waals surface area contributed by atoms with Gasteiger partial charge in [-0.15, -0.1) is 0 Å². The molecule has 1 heterocycles. The molecular weight excluding hydrogens is 512 g/mol. The number of imidazole rings is 1. The number of halogens is 4. The lowest BCUT2D eigenvalue weighted by Gasteiger charge is -2.28. The molecule has 0 radical (unpaired) electrons. The fourth-order valence-electron chi connectivity index (χ4n) is 4.02. The van der Waals surface area contributed by atoms with Crippen LogP contribution in [0.15, 0.2) is 66.9 Å². The summed E-state index contributed by atoms with van der Waals surface area (Å²) in [6.07, 6.45) is 2.83. The number of nitro groups is 1. The molecule has 5 nitrogen and oxygen atoms in total. The summed E-state index contributed by atoms with van der Waals surface area (Å²) in [7, 11) is 0. The molecule has 0 bridgehead atoms. The van der Waals surface area contributed by atoms with Crippen molar-refractivity contribution < 1.29 is 9.31 Å². The van der Waals surface area contributed by atoms with Crippen molar-refractivity contribution in [1.29, 1.82) is 0 Å². The van der Waals surface area contributed by atoms with E-state index in [0.29, 0.717) is 27.9 Å². The minimum atomic E-state index is -0.515. The summed E-state index contributed by atoms with van der Waals surface area (Å²) in [5.41, 5.74) is 2.79. The summed E-state index contributed by atoms with van der Waals surface area (Å²) >= 11 is 18.7. The predicted molar refractivity (Wildman–Crippen MR) is 138 cm³/mol. The van der Waals surface area contributed by atoms with Crippen molar-refractivity contribution in [2.24, 2.45) is 0 Å². The summed E-state index contributed by atoms with van der Waals surface area (Å²) in [4.78, 5) is 15.2. The molecule has 0 saturated carbocycles. The molecule has 0 N–H and O–H groups in total. The van der Waals surface area contributed by atoms with E-state index in [4.69, 9.17) is 39.8 Å². The number of hydrogen-bond acceptors (Lipinski definition) is 3. The summed E-state index contributed by atoms with van der Waals surface area (Å²) in [6.45, 7) is 4.11. The smallest absolute Gasteiger partial charge is 0.270 e. The number of aryl methyl sites for hydroxylation is 2. The van der Waals surface area contributed by atoms with Gasteiger partial charge in [0, 0.05) is 35.9 Å². The summed E-state index contributed by atoms with van der Waals surface area (Å²) in [5, 5.41) is 12.3. The van der Waals surface area contributed by atoms with Gasteiger partial charge >= 0.3 is 0 Å². The molecule has 180 valence electrons. The molecule has 9 heteroatoms. The molecule has 0 fully saturated rings. The molecule has 0 unspecified atom stereocenters. The third-order valence-corrected chi connectivity index (χ3v) is 7.16. The van der Waals surface area contributed by atoms with Crippen molar-refractivity contribution in [2.45, 2.75) is 32.1 Å². The van der Waals surface area contributed by atoms with Gasteiger partial charge in [0.1, 0.15) is 11.6 Å². The first kappa shape index (κ1) is 25.2. The molecule has 0 amide bonds. The molecular formula is C26H21Cl3FN3O2. The topological polar surface area (TPSA) is 61.0 Å². The highest BCUT2D eigenvalue weighted by molar-refractivity contribution is 6.42. The van der Waals surface area contributed by atoms with E-state index in [1.165, 1.54) is 24.3 Å². The van der Waals surface area contributed by atoms with E-state index in [2.05, 4.69) is 13.8 Å². The van der Waals surface area contributed by atoms with E-state index in [-0.39, 0.29) is 11.5 Å². The SMILES string of the molecule is CC(C)(c1ccc(Cl)c(Cl)c1)c1cnc(CCc2ccc([N+](=O)[O-])cc2Cl)n1-c1ccc(F)cc1. The Morgan fingerprint density at radius 2 is 1.66 bits per heavy atom. The van der Waals surface area contributed by atoms with Gasteiger partial charge in [-0.25, -0.2) is 9.37 Å². The third-order valence-electron chi connectivity index (χ3n) is 6.07. The molecule has 0 saturated heterocycles. The second-order valence-electron chi connectivity index (χ2n) is 8.66. The van der Waals surface area contributed by atoms with Gasteiger partial charge in [-0.3, -0.25) is 14.7 Å². The Hall–Kier alpha value is -2.93. The van der Waals surface area contributed by atoms with Crippen LogP contribution in [0.3, 0.4) is 0 Å².